The van der Waals surface area contributed by atoms with Crippen LogP contribution in [0.3, 0.4) is 0 Å². The Morgan fingerprint density at radius 1 is 1.20 bits per heavy atom. The smallest absolute Gasteiger partial charge is 0.157 e. The number of phenolic OH excluding ortho intramolecular Hbond substituents is 1. The fourth-order valence-electron chi connectivity index (χ4n) is 3.66. The van der Waals surface area contributed by atoms with E-state index in [0.717, 1.165) is 26.4 Å². The molecule has 0 unspecified atom stereocenters. The molecule has 2 aromatic rings. The number of aliphatic hydroxyl groups is 2. The average molecular weight is 437 g/mol. The van der Waals surface area contributed by atoms with Gasteiger partial charge in [0.1, 0.15) is 36.8 Å². The van der Waals surface area contributed by atoms with E-state index in [9.17, 15) is 24.1 Å². The van der Waals surface area contributed by atoms with Crippen LogP contribution in [-0.2, 0) is 11.2 Å². The van der Waals surface area contributed by atoms with Gasteiger partial charge >= 0.3 is 0 Å². The predicted molar refractivity (Wildman–Crippen MR) is 114 cm³/mol. The molecule has 4 nitrogen and oxygen atoms in total. The molecule has 1 aliphatic heterocycles. The minimum Gasteiger partial charge on any atom is -0.508 e. The maximum atomic E-state index is 14.0. The van der Waals surface area contributed by atoms with Crippen molar-refractivity contribution in [3.8, 4) is 5.75 Å². The molecule has 5 atom stereocenters. The Bertz CT molecular complexity index is 938. The second-order valence-corrected chi connectivity index (χ2v) is 8.85. The van der Waals surface area contributed by atoms with Gasteiger partial charge in [-0.1, -0.05) is 24.8 Å². The molecule has 0 amide bonds. The maximum Gasteiger partial charge on any atom is 0.157 e. The van der Waals surface area contributed by atoms with Gasteiger partial charge in [-0.05, 0) is 48.7 Å². The van der Waals surface area contributed by atoms with Gasteiger partial charge in [0.25, 0.3) is 0 Å². The highest BCUT2D eigenvalue weighted by Gasteiger charge is 2.46. The van der Waals surface area contributed by atoms with Crippen molar-refractivity contribution in [1.82, 2.24) is 0 Å². The zero-order valence-electron chi connectivity index (χ0n) is 16.9. The summed E-state index contributed by atoms with van der Waals surface area (Å²) in [6.45, 7) is 6.42. The van der Waals surface area contributed by atoms with Crippen LogP contribution in [0.15, 0.2) is 36.9 Å². The summed E-state index contributed by atoms with van der Waals surface area (Å²) in [4.78, 5) is 2.26. The minimum absolute atomic E-state index is 0.153. The molecule has 1 aromatic carbocycles. The van der Waals surface area contributed by atoms with Gasteiger partial charge in [-0.2, -0.15) is 0 Å². The molecule has 1 aromatic heterocycles. The Labute approximate surface area is 178 Å². The monoisotopic (exact) mass is 436 g/mol. The first-order valence-electron chi connectivity index (χ1n) is 9.69. The quantitative estimate of drug-likeness (QED) is 0.590. The first kappa shape index (κ1) is 22.6. The molecule has 0 radical (unpaired) electrons. The van der Waals surface area contributed by atoms with Crippen LogP contribution in [0.4, 0.5) is 8.78 Å². The van der Waals surface area contributed by atoms with E-state index >= 15 is 0 Å². The van der Waals surface area contributed by atoms with Crippen LogP contribution in [0.2, 0.25) is 0 Å². The summed E-state index contributed by atoms with van der Waals surface area (Å²) in [6.07, 6.45) is -2.05. The van der Waals surface area contributed by atoms with Gasteiger partial charge in [0.05, 0.1) is 0 Å². The molecule has 1 aliphatic rings. The first-order chi connectivity index (χ1) is 14.3. The van der Waals surface area contributed by atoms with Crippen LogP contribution in [0, 0.1) is 13.8 Å². The molecule has 162 valence electrons. The number of allylic oxidation sites excluding steroid dienone is 2. The number of alkyl halides is 2. The normalized spacial score (nSPS) is 26.9. The van der Waals surface area contributed by atoms with Gasteiger partial charge < -0.3 is 20.1 Å². The van der Waals surface area contributed by atoms with Gasteiger partial charge in [-0.3, -0.25) is 0 Å². The van der Waals surface area contributed by atoms with Crippen LogP contribution >= 0.6 is 11.3 Å². The second kappa shape index (κ2) is 9.39. The standard InChI is InChI=1S/C23H26F2O4S/c1-4-5-6-14-8-16(30-13(14)3)9-15-10-17(18(26)7-12(15)2)23-22(28)21(27)20(25)19(11-24)29-23/h4-8,10,19-23,26-28H,1,9,11H2,2-3H3/b6-5-/t19-,20-,21+,22-,23+/m1/s1. The lowest BCUT2D eigenvalue weighted by atomic mass is 9.89. The molecular weight excluding hydrogens is 410 g/mol. The van der Waals surface area contributed by atoms with Crippen molar-refractivity contribution >= 4 is 17.4 Å². The lowest BCUT2D eigenvalue weighted by Crippen LogP contribution is -2.52. The number of aromatic hydroxyl groups is 1. The van der Waals surface area contributed by atoms with Gasteiger partial charge in [-0.15, -0.1) is 11.3 Å². The molecule has 30 heavy (non-hydrogen) atoms. The van der Waals surface area contributed by atoms with Crippen LogP contribution in [-0.4, -0.2) is 46.5 Å². The summed E-state index contributed by atoms with van der Waals surface area (Å²) in [6, 6.07) is 5.29. The van der Waals surface area contributed by atoms with Crippen molar-refractivity contribution in [3.05, 3.63) is 68.9 Å². The average Bonchev–Trinajstić information content (AvgIpc) is 3.06. The van der Waals surface area contributed by atoms with Crippen molar-refractivity contribution in [3.63, 3.8) is 0 Å². The summed E-state index contributed by atoms with van der Waals surface area (Å²) < 4.78 is 32.5. The van der Waals surface area contributed by atoms with Gasteiger partial charge in [0.15, 0.2) is 6.17 Å². The van der Waals surface area contributed by atoms with Crippen LogP contribution in [0.25, 0.3) is 6.08 Å². The van der Waals surface area contributed by atoms with Gasteiger partial charge in [0.2, 0.25) is 0 Å². The fourth-order valence-corrected chi connectivity index (χ4v) is 4.71. The minimum atomic E-state index is -2.04. The number of halogens is 2. The van der Waals surface area contributed by atoms with Crippen molar-refractivity contribution < 1.29 is 28.8 Å². The Balaban J connectivity index is 1.93. The number of aliphatic hydroxyl groups excluding tert-OH is 2. The van der Waals surface area contributed by atoms with Crippen molar-refractivity contribution in [2.24, 2.45) is 0 Å². The number of rotatable bonds is 6. The van der Waals surface area contributed by atoms with Crippen LogP contribution < -0.4 is 0 Å². The summed E-state index contributed by atoms with van der Waals surface area (Å²) in [5.41, 5.74) is 3.02. The molecule has 0 spiro atoms. The fraction of sp³-hybridized carbons (Fsp3) is 0.391. The largest absolute Gasteiger partial charge is 0.508 e. The molecule has 0 saturated carbocycles. The van der Waals surface area contributed by atoms with E-state index in [2.05, 4.69) is 12.6 Å². The maximum absolute atomic E-state index is 14.0. The zero-order valence-corrected chi connectivity index (χ0v) is 17.7. The Morgan fingerprint density at radius 3 is 2.60 bits per heavy atom. The Kier molecular flexibility index (Phi) is 7.08. The number of ether oxygens (including phenoxy) is 1. The third kappa shape index (κ3) is 4.49. The number of phenols is 1. The molecule has 1 saturated heterocycles. The van der Waals surface area contributed by atoms with Crippen molar-refractivity contribution in [2.45, 2.75) is 50.9 Å². The number of aryl methyl sites for hydroxylation is 2. The summed E-state index contributed by atoms with van der Waals surface area (Å²) >= 11 is 1.65. The SMILES string of the molecule is C=C/C=C\c1cc(Cc2cc([C@@H]3O[C@H](CF)[C@@H](F)[C@H](O)[C@H]3O)c(O)cc2C)sc1C. The van der Waals surface area contributed by atoms with Crippen LogP contribution in [0.1, 0.15) is 38.1 Å². The van der Waals surface area contributed by atoms with E-state index in [4.69, 9.17) is 4.74 Å². The Hall–Kier alpha value is -2.06. The van der Waals surface area contributed by atoms with E-state index in [1.54, 1.807) is 23.5 Å². The lowest BCUT2D eigenvalue weighted by molar-refractivity contribution is -0.209. The van der Waals surface area contributed by atoms with E-state index in [1.807, 2.05) is 26.0 Å². The highest BCUT2D eigenvalue weighted by molar-refractivity contribution is 7.12. The zero-order chi connectivity index (χ0) is 22.0. The van der Waals surface area contributed by atoms with Crippen LogP contribution in [0.5, 0.6) is 5.75 Å². The number of thiophene rings is 1. The summed E-state index contributed by atoms with van der Waals surface area (Å²) in [7, 11) is 0. The van der Waals surface area contributed by atoms with Gasteiger partial charge in [0, 0.05) is 21.7 Å². The van der Waals surface area contributed by atoms with E-state index in [0.29, 0.717) is 6.42 Å². The molecule has 1 fully saturated rings. The molecule has 2 heterocycles. The number of hydrogen-bond donors (Lipinski definition) is 3. The van der Waals surface area contributed by atoms with E-state index in [-0.39, 0.29) is 11.3 Å². The second-order valence-electron chi connectivity index (χ2n) is 7.51. The predicted octanol–water partition coefficient (Wildman–Crippen LogP) is 4.33. The molecule has 7 heteroatoms. The summed E-state index contributed by atoms with van der Waals surface area (Å²) in [5.74, 6) is -0.153. The topological polar surface area (TPSA) is 69.9 Å². The van der Waals surface area contributed by atoms with E-state index in [1.165, 1.54) is 6.07 Å². The highest BCUT2D eigenvalue weighted by Crippen LogP contribution is 2.39. The number of benzene rings is 1. The lowest BCUT2D eigenvalue weighted by Gasteiger charge is -2.39. The molecule has 0 bridgehead atoms. The first-order valence-corrected chi connectivity index (χ1v) is 10.5. The van der Waals surface area contributed by atoms with Crippen molar-refractivity contribution in [1.29, 1.82) is 0 Å². The molecule has 3 N–H and O–H groups in total. The molecule has 0 aliphatic carbocycles. The van der Waals surface area contributed by atoms with Crippen molar-refractivity contribution in [2.75, 3.05) is 6.67 Å². The summed E-state index contributed by atoms with van der Waals surface area (Å²) in [5, 5.41) is 30.7. The van der Waals surface area contributed by atoms with Gasteiger partial charge in [-0.25, -0.2) is 8.78 Å². The highest BCUT2D eigenvalue weighted by atomic mass is 32.1. The third-order valence-electron chi connectivity index (χ3n) is 5.39. The third-order valence-corrected chi connectivity index (χ3v) is 6.46. The molecular formula is C23H26F2O4S. The number of hydrogen-bond acceptors (Lipinski definition) is 5. The Morgan fingerprint density at radius 2 is 1.93 bits per heavy atom. The molecule has 3 rings (SSSR count). The van der Waals surface area contributed by atoms with E-state index < -0.39 is 37.3 Å².